The van der Waals surface area contributed by atoms with Crippen LogP contribution < -0.4 is 5.32 Å². The summed E-state index contributed by atoms with van der Waals surface area (Å²) in [7, 11) is 0. The predicted octanol–water partition coefficient (Wildman–Crippen LogP) is 3.82. The van der Waals surface area contributed by atoms with E-state index in [9.17, 15) is 9.90 Å². The molecule has 2 heterocycles. The second-order valence-corrected chi connectivity index (χ2v) is 8.03. The summed E-state index contributed by atoms with van der Waals surface area (Å²) in [5.74, 6) is 0. The van der Waals surface area contributed by atoms with Crippen LogP contribution in [0.25, 0.3) is 0 Å². The maximum Gasteiger partial charge on any atom is 0.293 e. The number of aliphatic hydroxyl groups excluding tert-OH is 1. The average Bonchev–Trinajstić information content (AvgIpc) is 2.89. The minimum Gasteiger partial charge on any atom is -0.462 e. The van der Waals surface area contributed by atoms with E-state index in [0.29, 0.717) is 12.2 Å². The average molecular weight is 356 g/mol. The first kappa shape index (κ1) is 19.9. The Balaban J connectivity index is 0.000000298. The molecule has 1 aromatic heterocycles. The van der Waals surface area contributed by atoms with Crippen LogP contribution in [0, 0.1) is 0 Å². The van der Waals surface area contributed by atoms with Gasteiger partial charge in [0, 0.05) is 29.4 Å². The molecule has 1 aromatic carbocycles. The number of carbonyl (C=O) groups is 1. The monoisotopic (exact) mass is 356 g/mol. The molecule has 1 aliphatic heterocycles. The van der Waals surface area contributed by atoms with E-state index in [1.165, 1.54) is 5.56 Å². The van der Waals surface area contributed by atoms with Crippen molar-refractivity contribution in [1.29, 1.82) is 0 Å². The molecule has 0 aliphatic carbocycles. The van der Waals surface area contributed by atoms with Crippen molar-refractivity contribution in [2.24, 2.45) is 0 Å². The molecule has 1 aliphatic rings. The Morgan fingerprint density at radius 3 is 2.46 bits per heavy atom. The maximum atomic E-state index is 10.4. The third-order valence-electron chi connectivity index (χ3n) is 4.17. The molecule has 5 nitrogen and oxygen atoms in total. The van der Waals surface area contributed by atoms with Gasteiger partial charge in [-0.2, -0.15) is 0 Å². The van der Waals surface area contributed by atoms with Crippen LogP contribution in [0.1, 0.15) is 57.5 Å². The van der Waals surface area contributed by atoms with Crippen LogP contribution in [-0.2, 0) is 14.9 Å². The number of rotatable bonds is 3. The number of hydrogen-bond donors (Lipinski definition) is 2. The van der Waals surface area contributed by atoms with Gasteiger partial charge in [-0.05, 0) is 32.4 Å². The third kappa shape index (κ3) is 5.05. The highest BCUT2D eigenvalue weighted by molar-refractivity contribution is 5.60. The Labute approximate surface area is 155 Å². The molecule has 0 saturated heterocycles. The molecule has 3 rings (SSSR count). The summed E-state index contributed by atoms with van der Waals surface area (Å²) in [5, 5.41) is 13.7. The number of ether oxygens (including phenoxy) is 1. The van der Waals surface area contributed by atoms with Crippen molar-refractivity contribution in [2.75, 3.05) is 11.9 Å². The number of hydrogen-bond acceptors (Lipinski definition) is 5. The van der Waals surface area contributed by atoms with Crippen LogP contribution >= 0.6 is 0 Å². The predicted molar refractivity (Wildman–Crippen MR) is 103 cm³/mol. The van der Waals surface area contributed by atoms with E-state index in [2.05, 4.69) is 28.9 Å². The highest BCUT2D eigenvalue weighted by atomic mass is 16.5. The molecule has 26 heavy (non-hydrogen) atoms. The number of aliphatic hydroxyl groups is 1. The zero-order valence-electron chi connectivity index (χ0n) is 16.1. The van der Waals surface area contributed by atoms with E-state index < -0.39 is 6.10 Å². The second-order valence-electron chi connectivity index (χ2n) is 8.03. The fourth-order valence-electron chi connectivity index (χ4n) is 2.67. The molecule has 0 radical (unpaired) electrons. The lowest BCUT2D eigenvalue weighted by atomic mass is 9.88. The first-order chi connectivity index (χ1) is 12.1. The molecule has 0 fully saturated rings. The molecule has 0 saturated carbocycles. The molecule has 2 N–H and O–H groups in total. The van der Waals surface area contributed by atoms with E-state index in [1.54, 1.807) is 0 Å². The molecule has 0 bridgehead atoms. The molecule has 5 heteroatoms. The Morgan fingerprint density at radius 1 is 1.27 bits per heavy atom. The maximum absolute atomic E-state index is 10.4. The van der Waals surface area contributed by atoms with E-state index in [-0.39, 0.29) is 11.0 Å². The van der Waals surface area contributed by atoms with Crippen molar-refractivity contribution >= 4 is 12.2 Å². The molecule has 2 aromatic rings. The number of nitrogens with zero attached hydrogens (tertiary/aromatic N) is 1. The minimum absolute atomic E-state index is 0.110. The van der Waals surface area contributed by atoms with Crippen molar-refractivity contribution < 1.29 is 14.6 Å². The molecule has 0 amide bonds. The summed E-state index contributed by atoms with van der Waals surface area (Å²) >= 11 is 0. The molecular formula is C21H28N2O3. The topological polar surface area (TPSA) is 71.5 Å². The summed E-state index contributed by atoms with van der Waals surface area (Å²) in [6.07, 6.45) is 1.22. The lowest BCUT2D eigenvalue weighted by Crippen LogP contribution is -2.19. The lowest BCUT2D eigenvalue weighted by molar-refractivity contribution is -0.138. The first-order valence-corrected chi connectivity index (χ1v) is 8.73. The minimum atomic E-state index is -0.669. The largest absolute Gasteiger partial charge is 0.462 e. The first-order valence-electron chi connectivity index (χ1n) is 8.73. The number of benzene rings is 1. The van der Waals surface area contributed by atoms with Crippen LogP contribution in [-0.4, -0.2) is 28.7 Å². The van der Waals surface area contributed by atoms with Gasteiger partial charge in [0.15, 0.2) is 0 Å². The number of fused-ring (bicyclic) bond motifs is 1. The summed E-state index contributed by atoms with van der Waals surface area (Å²) < 4.78 is 4.55. The van der Waals surface area contributed by atoms with Crippen molar-refractivity contribution in [3.63, 3.8) is 0 Å². The molecule has 1 unspecified atom stereocenters. The van der Waals surface area contributed by atoms with Gasteiger partial charge < -0.3 is 15.2 Å². The Bertz CT molecular complexity index is 737. The number of anilines is 1. The Kier molecular flexibility index (Phi) is 6.03. The SMILES string of the molecule is CC(C)(C)OC=O.CC1(C)CNc2cc(C(O)c3ccccc3)ncc21. The summed E-state index contributed by atoms with van der Waals surface area (Å²) in [6.45, 7) is 11.2. The van der Waals surface area contributed by atoms with Crippen LogP contribution in [0.5, 0.6) is 0 Å². The van der Waals surface area contributed by atoms with Crippen LogP contribution in [0.4, 0.5) is 5.69 Å². The molecular weight excluding hydrogens is 328 g/mol. The molecule has 1 atom stereocenters. The summed E-state index contributed by atoms with van der Waals surface area (Å²) in [5.41, 5.74) is 3.66. The van der Waals surface area contributed by atoms with Crippen LogP contribution in [0.2, 0.25) is 0 Å². The van der Waals surface area contributed by atoms with Crippen molar-refractivity contribution in [3.8, 4) is 0 Å². The lowest BCUT2D eigenvalue weighted by Gasteiger charge is -2.17. The van der Waals surface area contributed by atoms with E-state index in [0.717, 1.165) is 17.8 Å². The fraction of sp³-hybridized carbons (Fsp3) is 0.429. The van der Waals surface area contributed by atoms with Gasteiger partial charge >= 0.3 is 0 Å². The highest BCUT2D eigenvalue weighted by Gasteiger charge is 2.30. The van der Waals surface area contributed by atoms with E-state index >= 15 is 0 Å². The number of aromatic nitrogens is 1. The zero-order chi connectivity index (χ0) is 19.4. The van der Waals surface area contributed by atoms with Gasteiger partial charge in [0.25, 0.3) is 6.47 Å². The van der Waals surface area contributed by atoms with Gasteiger partial charge in [0.2, 0.25) is 0 Å². The second kappa shape index (κ2) is 7.87. The molecule has 140 valence electrons. The van der Waals surface area contributed by atoms with E-state index in [1.807, 2.05) is 63.4 Å². The van der Waals surface area contributed by atoms with Crippen LogP contribution in [0.15, 0.2) is 42.6 Å². The Morgan fingerprint density at radius 2 is 1.92 bits per heavy atom. The fourth-order valence-corrected chi connectivity index (χ4v) is 2.67. The van der Waals surface area contributed by atoms with Crippen molar-refractivity contribution in [3.05, 3.63) is 59.4 Å². The molecule has 0 spiro atoms. The van der Waals surface area contributed by atoms with Gasteiger partial charge in [0.1, 0.15) is 11.7 Å². The van der Waals surface area contributed by atoms with Gasteiger partial charge in [0.05, 0.1) is 5.69 Å². The highest BCUT2D eigenvalue weighted by Crippen LogP contribution is 2.37. The normalized spacial score (nSPS) is 15.8. The number of nitrogens with one attached hydrogen (secondary N) is 1. The Hall–Kier alpha value is -2.40. The quantitative estimate of drug-likeness (QED) is 0.818. The van der Waals surface area contributed by atoms with Gasteiger partial charge in [-0.1, -0.05) is 44.2 Å². The van der Waals surface area contributed by atoms with Crippen molar-refractivity contribution in [1.82, 2.24) is 4.98 Å². The third-order valence-corrected chi connectivity index (χ3v) is 4.17. The summed E-state index contributed by atoms with van der Waals surface area (Å²) in [6, 6.07) is 11.6. The van der Waals surface area contributed by atoms with Gasteiger partial charge in [-0.15, -0.1) is 0 Å². The zero-order valence-corrected chi connectivity index (χ0v) is 16.1. The number of carbonyl (C=O) groups excluding carboxylic acids is 1. The van der Waals surface area contributed by atoms with Gasteiger partial charge in [-0.25, -0.2) is 0 Å². The van der Waals surface area contributed by atoms with Crippen LogP contribution in [0.3, 0.4) is 0 Å². The van der Waals surface area contributed by atoms with Gasteiger partial charge in [-0.3, -0.25) is 9.78 Å². The smallest absolute Gasteiger partial charge is 0.293 e. The standard InChI is InChI=1S/C16H18N2O.C5H10O2/c1-16(2)10-18-13-8-14(17-9-12(13)16)15(19)11-6-4-3-5-7-11;1-5(2,3)7-4-6/h3-9,15,18-19H,10H2,1-2H3;4H,1-3H3. The summed E-state index contributed by atoms with van der Waals surface area (Å²) in [4.78, 5) is 14.0. The van der Waals surface area contributed by atoms with Crippen molar-refractivity contribution in [2.45, 2.75) is 51.7 Å². The van der Waals surface area contributed by atoms with E-state index in [4.69, 9.17) is 0 Å². The number of pyridine rings is 1.